The molecule has 4 aliphatic heterocycles. The molecule has 248 valence electrons. The first-order valence-electron chi connectivity index (χ1n) is 17.0. The number of anilines is 1. The van der Waals surface area contributed by atoms with Gasteiger partial charge in [-0.25, -0.2) is 4.79 Å². The number of piperidine rings is 3. The predicted octanol–water partition coefficient (Wildman–Crippen LogP) is 6.69. The molecule has 0 bridgehead atoms. The topological polar surface area (TPSA) is 76.2 Å². The van der Waals surface area contributed by atoms with Crippen molar-refractivity contribution in [2.45, 2.75) is 70.9 Å². The van der Waals surface area contributed by atoms with Crippen molar-refractivity contribution in [2.24, 2.45) is 17.8 Å². The molecule has 0 radical (unpaired) electrons. The van der Waals surface area contributed by atoms with Crippen LogP contribution in [0.15, 0.2) is 45.3 Å². The zero-order valence-electron chi connectivity index (χ0n) is 27.1. The number of carbonyl (C=O) groups is 3. The lowest BCUT2D eigenvalue weighted by Crippen LogP contribution is -2.51. The van der Waals surface area contributed by atoms with Crippen molar-refractivity contribution in [2.75, 3.05) is 51.6 Å². The van der Waals surface area contributed by atoms with E-state index in [0.29, 0.717) is 32.0 Å². The van der Waals surface area contributed by atoms with E-state index in [-0.39, 0.29) is 30.3 Å². The van der Waals surface area contributed by atoms with Crippen molar-refractivity contribution in [3.8, 4) is 0 Å². The Balaban J connectivity index is 1.09. The maximum atomic E-state index is 14.2. The molecule has 2 aromatic rings. The van der Waals surface area contributed by atoms with Crippen LogP contribution in [0.3, 0.4) is 0 Å². The summed E-state index contributed by atoms with van der Waals surface area (Å²) in [4.78, 5) is 49.1. The SMILES string of the molecule is Cc1c(Br)cc(CC(CC(=O)N2CCC(N3Cc4ccccc4NC3=O)CC2)C(=O)N2CCC(C3CCN(C)CC3)CC2)cc1Br. The number of fused-ring (bicyclic) bond motifs is 1. The Morgan fingerprint density at radius 3 is 2.11 bits per heavy atom. The molecule has 8 nitrogen and oxygen atoms in total. The lowest BCUT2D eigenvalue weighted by atomic mass is 9.78. The van der Waals surface area contributed by atoms with Gasteiger partial charge in [-0.15, -0.1) is 0 Å². The Bertz CT molecular complexity index is 1410. The van der Waals surface area contributed by atoms with Crippen LogP contribution in [0, 0.1) is 24.7 Å². The summed E-state index contributed by atoms with van der Waals surface area (Å²) in [6.45, 7) is 7.75. The van der Waals surface area contributed by atoms with Crippen LogP contribution in [-0.2, 0) is 22.6 Å². The van der Waals surface area contributed by atoms with Crippen molar-refractivity contribution in [1.82, 2.24) is 19.6 Å². The van der Waals surface area contributed by atoms with Crippen LogP contribution < -0.4 is 5.32 Å². The first-order chi connectivity index (χ1) is 22.2. The Kier molecular flexibility index (Phi) is 10.7. The average Bonchev–Trinajstić information content (AvgIpc) is 3.06. The summed E-state index contributed by atoms with van der Waals surface area (Å²) in [5, 5.41) is 3.02. The number of likely N-dealkylation sites (tertiary alicyclic amines) is 3. The molecule has 0 aliphatic carbocycles. The van der Waals surface area contributed by atoms with Crippen LogP contribution in [0.5, 0.6) is 0 Å². The number of para-hydroxylation sites is 1. The van der Waals surface area contributed by atoms with E-state index in [4.69, 9.17) is 0 Å². The minimum atomic E-state index is -0.406. The summed E-state index contributed by atoms with van der Waals surface area (Å²) in [6, 6.07) is 12.1. The number of halogens is 2. The fraction of sp³-hybridized carbons (Fsp3) is 0.583. The zero-order valence-corrected chi connectivity index (χ0v) is 30.3. The first kappa shape index (κ1) is 33.5. The monoisotopic (exact) mass is 755 g/mol. The number of nitrogens with one attached hydrogen (secondary N) is 1. The molecular weight excluding hydrogens is 710 g/mol. The van der Waals surface area contributed by atoms with Gasteiger partial charge in [0.25, 0.3) is 0 Å². The van der Waals surface area contributed by atoms with Gasteiger partial charge in [0.1, 0.15) is 0 Å². The third kappa shape index (κ3) is 7.65. The predicted molar refractivity (Wildman–Crippen MR) is 189 cm³/mol. The largest absolute Gasteiger partial charge is 0.343 e. The van der Waals surface area contributed by atoms with Crippen LogP contribution in [0.1, 0.15) is 61.6 Å². The van der Waals surface area contributed by atoms with Gasteiger partial charge in [0.2, 0.25) is 11.8 Å². The second-order valence-electron chi connectivity index (χ2n) is 13.9. The van der Waals surface area contributed by atoms with Gasteiger partial charge in [-0.2, -0.15) is 0 Å². The highest BCUT2D eigenvalue weighted by molar-refractivity contribution is 9.11. The molecule has 6 rings (SSSR count). The highest BCUT2D eigenvalue weighted by Crippen LogP contribution is 2.34. The molecule has 1 unspecified atom stereocenters. The highest BCUT2D eigenvalue weighted by atomic mass is 79.9. The smallest absolute Gasteiger partial charge is 0.322 e. The van der Waals surface area contributed by atoms with Crippen LogP contribution in [0.4, 0.5) is 10.5 Å². The molecule has 3 saturated heterocycles. The van der Waals surface area contributed by atoms with Gasteiger partial charge in [0, 0.05) is 59.8 Å². The van der Waals surface area contributed by atoms with Crippen LogP contribution in [0.25, 0.3) is 0 Å². The van der Waals surface area contributed by atoms with Gasteiger partial charge >= 0.3 is 6.03 Å². The third-order valence-electron chi connectivity index (χ3n) is 11.0. The van der Waals surface area contributed by atoms with E-state index < -0.39 is 5.92 Å². The second-order valence-corrected chi connectivity index (χ2v) is 15.6. The lowest BCUT2D eigenvalue weighted by Gasteiger charge is -2.41. The van der Waals surface area contributed by atoms with E-state index in [0.717, 1.165) is 76.0 Å². The number of benzene rings is 2. The molecule has 4 amide bonds. The highest BCUT2D eigenvalue weighted by Gasteiger charge is 2.36. The minimum absolute atomic E-state index is 0.0386. The van der Waals surface area contributed by atoms with Crippen molar-refractivity contribution < 1.29 is 14.4 Å². The molecule has 46 heavy (non-hydrogen) atoms. The van der Waals surface area contributed by atoms with Crippen molar-refractivity contribution >= 4 is 55.4 Å². The van der Waals surface area contributed by atoms with E-state index in [2.05, 4.69) is 74.2 Å². The molecule has 2 aromatic carbocycles. The summed E-state index contributed by atoms with van der Waals surface area (Å²) < 4.78 is 2.00. The average molecular weight is 758 g/mol. The minimum Gasteiger partial charge on any atom is -0.343 e. The normalized spacial score (nSPS) is 21.2. The number of nitrogens with zero attached hydrogens (tertiary/aromatic N) is 4. The quantitative estimate of drug-likeness (QED) is 0.342. The van der Waals surface area contributed by atoms with Crippen molar-refractivity contribution in [3.63, 3.8) is 0 Å². The number of amides is 4. The number of hydrogen-bond donors (Lipinski definition) is 1. The molecule has 4 heterocycles. The summed E-state index contributed by atoms with van der Waals surface area (Å²) in [7, 11) is 2.21. The number of rotatable bonds is 7. The molecular formula is C36H47Br2N5O3. The number of urea groups is 1. The molecule has 0 spiro atoms. The van der Waals surface area contributed by atoms with E-state index in [1.54, 1.807) is 0 Å². The molecule has 4 aliphatic rings. The Morgan fingerprint density at radius 1 is 0.870 bits per heavy atom. The molecule has 1 atom stereocenters. The summed E-state index contributed by atoms with van der Waals surface area (Å²) >= 11 is 7.36. The van der Waals surface area contributed by atoms with E-state index in [1.807, 2.05) is 32.9 Å². The molecule has 3 fully saturated rings. The van der Waals surface area contributed by atoms with E-state index >= 15 is 0 Å². The first-order valence-corrected chi connectivity index (χ1v) is 18.6. The van der Waals surface area contributed by atoms with Gasteiger partial charge in [-0.05, 0) is 119 Å². The summed E-state index contributed by atoms with van der Waals surface area (Å²) in [5.74, 6) is 1.20. The molecule has 10 heteroatoms. The lowest BCUT2D eigenvalue weighted by molar-refractivity contribution is -0.143. The Morgan fingerprint density at radius 2 is 1.46 bits per heavy atom. The molecule has 1 N–H and O–H groups in total. The van der Waals surface area contributed by atoms with Gasteiger partial charge in [0.15, 0.2) is 0 Å². The van der Waals surface area contributed by atoms with Gasteiger partial charge in [-0.1, -0.05) is 50.1 Å². The maximum absolute atomic E-state index is 14.2. The Labute approximate surface area is 290 Å². The standard InChI is InChI=1S/C36H47Br2N5O3/c1-24-31(37)20-25(21-32(24)38)19-29(35(45)42-15-9-27(10-16-42)26-7-13-40(2)14-8-26)22-34(44)41-17-11-30(12-18-41)43-23-28-5-3-4-6-33(28)39-36(43)46/h3-6,20-21,26-27,29-30H,7-19,22-23H2,1-2H3,(H,39,46). The van der Waals surface area contributed by atoms with E-state index in [1.165, 1.54) is 25.9 Å². The van der Waals surface area contributed by atoms with Gasteiger partial charge in [-0.3, -0.25) is 9.59 Å². The summed E-state index contributed by atoms with van der Waals surface area (Å²) in [5.41, 5.74) is 4.16. The van der Waals surface area contributed by atoms with Crippen LogP contribution >= 0.6 is 31.9 Å². The number of carbonyl (C=O) groups excluding carboxylic acids is 3. The zero-order chi connectivity index (χ0) is 32.4. The fourth-order valence-corrected chi connectivity index (χ4v) is 9.26. The van der Waals surface area contributed by atoms with Gasteiger partial charge in [0.05, 0.1) is 5.92 Å². The third-order valence-corrected chi connectivity index (χ3v) is 12.6. The molecule has 0 saturated carbocycles. The van der Waals surface area contributed by atoms with E-state index in [9.17, 15) is 14.4 Å². The van der Waals surface area contributed by atoms with Gasteiger partial charge < -0.3 is 24.9 Å². The Hall–Kier alpha value is -2.43. The fourth-order valence-electron chi connectivity index (χ4n) is 7.98. The number of hydrogen-bond acceptors (Lipinski definition) is 4. The van der Waals surface area contributed by atoms with Crippen molar-refractivity contribution in [3.05, 3.63) is 62.0 Å². The van der Waals surface area contributed by atoms with Crippen LogP contribution in [0.2, 0.25) is 0 Å². The molecule has 0 aromatic heterocycles. The maximum Gasteiger partial charge on any atom is 0.322 e. The van der Waals surface area contributed by atoms with Crippen molar-refractivity contribution in [1.29, 1.82) is 0 Å². The second kappa shape index (κ2) is 14.8. The summed E-state index contributed by atoms with van der Waals surface area (Å²) in [6.07, 6.45) is 6.85. The van der Waals surface area contributed by atoms with Crippen LogP contribution in [-0.4, -0.2) is 89.8 Å².